The monoisotopic (exact) mass is 373 g/mol. The van der Waals surface area contributed by atoms with E-state index in [1.165, 1.54) is 12.7 Å². The van der Waals surface area contributed by atoms with Gasteiger partial charge in [0, 0.05) is 13.7 Å². The summed E-state index contributed by atoms with van der Waals surface area (Å²) in [6, 6.07) is 6.51. The number of rotatable bonds is 2. The van der Waals surface area contributed by atoms with E-state index in [-0.39, 0.29) is 0 Å². The second-order valence-corrected chi connectivity index (χ2v) is 4.60. The van der Waals surface area contributed by atoms with Crippen molar-refractivity contribution < 1.29 is 0 Å². The van der Waals surface area contributed by atoms with Gasteiger partial charge in [0.25, 0.3) is 0 Å². The quantitative estimate of drug-likeness (QED) is 0.787. The summed E-state index contributed by atoms with van der Waals surface area (Å²) in [5.41, 5.74) is 1.34. The van der Waals surface area contributed by atoms with Crippen molar-refractivity contribution in [1.82, 2.24) is 5.32 Å². The van der Waals surface area contributed by atoms with E-state index in [0.29, 0.717) is 0 Å². The number of benzene rings is 1. The molecule has 0 saturated heterocycles. The molecule has 0 aliphatic rings. The molecule has 0 fully saturated rings. The average Bonchev–Trinajstić information content (AvgIpc) is 1.98. The van der Waals surface area contributed by atoms with Crippen LogP contribution in [-0.4, -0.2) is 7.05 Å². The fraction of sp³-hybridized carbons (Fsp3) is 0.250. The van der Waals surface area contributed by atoms with E-state index in [9.17, 15) is 0 Å². The van der Waals surface area contributed by atoms with Crippen molar-refractivity contribution in [1.29, 1.82) is 0 Å². The van der Waals surface area contributed by atoms with E-state index in [4.69, 9.17) is 0 Å². The van der Waals surface area contributed by atoms with Gasteiger partial charge in [0.15, 0.2) is 0 Å². The maximum Gasteiger partial charge on any atom is 0.0267 e. The van der Waals surface area contributed by atoms with Crippen LogP contribution in [0.3, 0.4) is 0 Å². The van der Waals surface area contributed by atoms with Gasteiger partial charge in [-0.2, -0.15) is 0 Å². The second-order valence-electron chi connectivity index (χ2n) is 2.28. The van der Waals surface area contributed by atoms with Gasteiger partial charge in [-0.25, -0.2) is 0 Å². The molecule has 0 bridgehead atoms. The fourth-order valence-electron chi connectivity index (χ4n) is 0.854. The van der Waals surface area contributed by atoms with Crippen LogP contribution in [0.15, 0.2) is 18.2 Å². The van der Waals surface area contributed by atoms with Gasteiger partial charge in [-0.1, -0.05) is 6.07 Å². The van der Waals surface area contributed by atoms with Crippen molar-refractivity contribution in [2.75, 3.05) is 7.05 Å². The molecular weight excluding hydrogens is 364 g/mol. The smallest absolute Gasteiger partial charge is 0.0267 e. The van der Waals surface area contributed by atoms with Crippen molar-refractivity contribution in [3.05, 3.63) is 30.9 Å². The zero-order valence-electron chi connectivity index (χ0n) is 6.20. The average molecular weight is 373 g/mol. The van der Waals surface area contributed by atoms with Gasteiger partial charge in [-0.05, 0) is 69.9 Å². The Morgan fingerprint density at radius 1 is 1.27 bits per heavy atom. The van der Waals surface area contributed by atoms with Gasteiger partial charge >= 0.3 is 0 Å². The molecule has 1 N–H and O–H groups in total. The number of halogens is 2. The highest BCUT2D eigenvalue weighted by Crippen LogP contribution is 2.16. The number of hydrogen-bond donors (Lipinski definition) is 1. The van der Waals surface area contributed by atoms with Crippen LogP contribution in [0.1, 0.15) is 5.56 Å². The van der Waals surface area contributed by atoms with E-state index in [2.05, 4.69) is 68.7 Å². The summed E-state index contributed by atoms with van der Waals surface area (Å²) in [6.07, 6.45) is 0. The molecule has 1 rings (SSSR count). The topological polar surface area (TPSA) is 12.0 Å². The molecule has 0 aliphatic heterocycles. The molecule has 0 amide bonds. The van der Waals surface area contributed by atoms with Gasteiger partial charge in [0.05, 0.1) is 0 Å². The van der Waals surface area contributed by atoms with Crippen molar-refractivity contribution >= 4 is 45.2 Å². The molecule has 11 heavy (non-hydrogen) atoms. The van der Waals surface area contributed by atoms with Crippen molar-refractivity contribution in [3.8, 4) is 0 Å². The Balaban J connectivity index is 2.86. The summed E-state index contributed by atoms with van der Waals surface area (Å²) in [5.74, 6) is 0. The molecule has 0 atom stereocenters. The summed E-state index contributed by atoms with van der Waals surface area (Å²) < 4.78 is 2.65. The third-order valence-electron chi connectivity index (χ3n) is 1.36. The van der Waals surface area contributed by atoms with Crippen molar-refractivity contribution in [3.63, 3.8) is 0 Å². The zero-order valence-corrected chi connectivity index (χ0v) is 10.5. The van der Waals surface area contributed by atoms with E-state index in [1.54, 1.807) is 0 Å². The van der Waals surface area contributed by atoms with Crippen LogP contribution in [0.4, 0.5) is 0 Å². The maximum atomic E-state index is 3.12. The van der Waals surface area contributed by atoms with Gasteiger partial charge in [-0.15, -0.1) is 0 Å². The van der Waals surface area contributed by atoms with E-state index in [1.807, 2.05) is 7.05 Å². The van der Waals surface area contributed by atoms with Crippen LogP contribution in [0.2, 0.25) is 0 Å². The Hall–Kier alpha value is 0.640. The lowest BCUT2D eigenvalue weighted by atomic mass is 10.2. The lowest BCUT2D eigenvalue weighted by Gasteiger charge is -2.01. The van der Waals surface area contributed by atoms with Gasteiger partial charge in [-0.3, -0.25) is 0 Å². The summed E-state index contributed by atoms with van der Waals surface area (Å²) in [4.78, 5) is 0. The second kappa shape index (κ2) is 4.61. The van der Waals surface area contributed by atoms with Gasteiger partial charge < -0.3 is 5.32 Å². The highest BCUT2D eigenvalue weighted by Gasteiger charge is 1.96. The standard InChI is InChI=1S/C8H9I2N/c1-11-5-6-2-3-7(9)8(10)4-6/h2-4,11H,5H2,1H3. The molecule has 3 heteroatoms. The molecule has 0 heterocycles. The predicted molar refractivity (Wildman–Crippen MR) is 64.6 cm³/mol. The fourth-order valence-corrected chi connectivity index (χ4v) is 1.77. The third-order valence-corrected chi connectivity index (χ3v) is 4.23. The molecule has 1 aromatic rings. The molecule has 1 aromatic carbocycles. The lowest BCUT2D eigenvalue weighted by Crippen LogP contribution is -2.05. The molecule has 0 unspecified atom stereocenters. The largest absolute Gasteiger partial charge is 0.316 e. The summed E-state index contributed by atoms with van der Waals surface area (Å²) >= 11 is 4.70. The van der Waals surface area contributed by atoms with Crippen LogP contribution in [0.25, 0.3) is 0 Å². The molecule has 0 aromatic heterocycles. The SMILES string of the molecule is CNCc1ccc(I)c(I)c1. The molecule has 0 spiro atoms. The molecule has 60 valence electrons. The van der Waals surface area contributed by atoms with E-state index < -0.39 is 0 Å². The van der Waals surface area contributed by atoms with Crippen LogP contribution in [-0.2, 0) is 6.54 Å². The predicted octanol–water partition coefficient (Wildman–Crippen LogP) is 2.62. The van der Waals surface area contributed by atoms with Crippen LogP contribution >= 0.6 is 45.2 Å². The van der Waals surface area contributed by atoms with Crippen molar-refractivity contribution in [2.45, 2.75) is 6.54 Å². The van der Waals surface area contributed by atoms with Crippen LogP contribution in [0, 0.1) is 7.14 Å². The van der Waals surface area contributed by atoms with E-state index in [0.717, 1.165) is 6.54 Å². The van der Waals surface area contributed by atoms with Crippen LogP contribution in [0.5, 0.6) is 0 Å². The lowest BCUT2D eigenvalue weighted by molar-refractivity contribution is 0.817. The molecule has 0 saturated carbocycles. The molecule has 1 nitrogen and oxygen atoms in total. The Kier molecular flexibility index (Phi) is 4.08. The first-order valence-corrected chi connectivity index (χ1v) is 5.48. The first kappa shape index (κ1) is 9.73. The van der Waals surface area contributed by atoms with Gasteiger partial charge in [0.1, 0.15) is 0 Å². The number of hydrogen-bond acceptors (Lipinski definition) is 1. The Morgan fingerprint density at radius 3 is 2.55 bits per heavy atom. The minimum atomic E-state index is 0.951. The Bertz CT molecular complexity index is 248. The molecule has 0 radical (unpaired) electrons. The van der Waals surface area contributed by atoms with E-state index >= 15 is 0 Å². The van der Waals surface area contributed by atoms with Crippen molar-refractivity contribution in [2.24, 2.45) is 0 Å². The summed E-state index contributed by atoms with van der Waals surface area (Å²) in [6.45, 7) is 0.951. The minimum absolute atomic E-state index is 0.951. The minimum Gasteiger partial charge on any atom is -0.316 e. The van der Waals surface area contributed by atoms with Gasteiger partial charge in [0.2, 0.25) is 0 Å². The highest BCUT2D eigenvalue weighted by atomic mass is 127. The Labute approximate surface area is 94.2 Å². The third kappa shape index (κ3) is 2.87. The normalized spacial score (nSPS) is 10.1. The molecular formula is C8H9I2N. The summed E-state index contributed by atoms with van der Waals surface area (Å²) in [5, 5.41) is 3.12. The maximum absolute atomic E-state index is 3.12. The first-order chi connectivity index (χ1) is 5.24. The van der Waals surface area contributed by atoms with Crippen LogP contribution < -0.4 is 5.32 Å². The number of nitrogens with one attached hydrogen (secondary N) is 1. The summed E-state index contributed by atoms with van der Waals surface area (Å²) in [7, 11) is 1.96. The first-order valence-electron chi connectivity index (χ1n) is 3.32. The zero-order chi connectivity index (χ0) is 8.27. The highest BCUT2D eigenvalue weighted by molar-refractivity contribution is 14.1. The Morgan fingerprint density at radius 2 is 2.00 bits per heavy atom. The molecule has 0 aliphatic carbocycles.